The molecule has 1 aromatic rings. The maximum atomic E-state index is 12.1. The van der Waals surface area contributed by atoms with Gasteiger partial charge in [0.2, 0.25) is 0 Å². The van der Waals surface area contributed by atoms with E-state index in [0.717, 1.165) is 12.8 Å². The summed E-state index contributed by atoms with van der Waals surface area (Å²) in [5, 5.41) is 12.6. The molecular weight excluding hydrogens is 454 g/mol. The largest absolute Gasteiger partial charge is 0.480 e. The van der Waals surface area contributed by atoms with E-state index in [9.17, 15) is 24.3 Å². The van der Waals surface area contributed by atoms with Gasteiger partial charge in [0.1, 0.15) is 12.1 Å². The summed E-state index contributed by atoms with van der Waals surface area (Å²) in [6, 6.07) is 3.65. The van der Waals surface area contributed by atoms with Gasteiger partial charge in [-0.1, -0.05) is 40.2 Å². The van der Waals surface area contributed by atoms with Crippen molar-refractivity contribution in [2.24, 2.45) is 5.92 Å². The number of rotatable bonds is 16. The zero-order chi connectivity index (χ0) is 26.4. The molecular formula is C26H39NO8. The topological polar surface area (TPSA) is 128 Å². The third kappa shape index (κ3) is 11.4. The summed E-state index contributed by atoms with van der Waals surface area (Å²) in [5.41, 5.74) is 0.570. The van der Waals surface area contributed by atoms with Gasteiger partial charge in [-0.3, -0.25) is 19.2 Å². The van der Waals surface area contributed by atoms with Gasteiger partial charge in [-0.25, -0.2) is 0 Å². The lowest BCUT2D eigenvalue weighted by Gasteiger charge is -2.20. The fraction of sp³-hybridized carbons (Fsp3) is 0.615. The fourth-order valence-corrected chi connectivity index (χ4v) is 3.30. The van der Waals surface area contributed by atoms with E-state index < -0.39 is 30.1 Å². The highest BCUT2D eigenvalue weighted by Gasteiger charge is 2.22. The van der Waals surface area contributed by atoms with Crippen molar-refractivity contribution in [3.63, 3.8) is 0 Å². The van der Waals surface area contributed by atoms with Gasteiger partial charge < -0.3 is 24.6 Å². The molecule has 1 rings (SSSR count). The number of carbonyl (C=O) groups excluding carboxylic acids is 3. The van der Waals surface area contributed by atoms with E-state index in [1.165, 1.54) is 12.1 Å². The first-order chi connectivity index (χ1) is 16.6. The van der Waals surface area contributed by atoms with Gasteiger partial charge in [0.05, 0.1) is 5.92 Å². The molecule has 3 atom stereocenters. The molecule has 0 aliphatic heterocycles. The minimum atomic E-state index is -1.08. The first-order valence-electron chi connectivity index (χ1n) is 12.3. The second kappa shape index (κ2) is 15.9. The van der Waals surface area contributed by atoms with Crippen LogP contribution in [0, 0.1) is 5.92 Å². The van der Waals surface area contributed by atoms with E-state index >= 15 is 0 Å². The van der Waals surface area contributed by atoms with Gasteiger partial charge >= 0.3 is 23.9 Å². The third-order valence-corrected chi connectivity index (χ3v) is 5.19. The molecule has 0 bridgehead atoms. The van der Waals surface area contributed by atoms with Crippen molar-refractivity contribution in [3.05, 3.63) is 23.8 Å². The Kier molecular flexibility index (Phi) is 13.6. The van der Waals surface area contributed by atoms with E-state index in [-0.39, 0.29) is 49.2 Å². The lowest BCUT2D eigenvalue weighted by molar-refractivity contribution is -0.152. The summed E-state index contributed by atoms with van der Waals surface area (Å²) in [6.45, 7) is 9.34. The van der Waals surface area contributed by atoms with Crippen LogP contribution in [0.15, 0.2) is 18.2 Å². The number of ether oxygens (including phenoxy) is 3. The molecule has 2 unspecified atom stereocenters. The third-order valence-electron chi connectivity index (χ3n) is 5.19. The standard InChI is InChI=1S/C26H39NO8/c1-6-9-17(4)26(32)33-18(5)16-27-20(25(30)31)14-19-12-13-21(34-23(28)10-7-2)22(15-19)35-24(29)11-8-3/h12-13,15,17-18,20,27H,6-11,14,16H2,1-5H3,(H,30,31)/t17?,18?,20-/m0/s1. The maximum Gasteiger partial charge on any atom is 0.321 e. The molecule has 0 aromatic heterocycles. The number of benzene rings is 1. The maximum absolute atomic E-state index is 12.1. The molecule has 9 nitrogen and oxygen atoms in total. The smallest absolute Gasteiger partial charge is 0.321 e. The number of esters is 3. The molecule has 2 N–H and O–H groups in total. The molecule has 0 spiro atoms. The lowest BCUT2D eigenvalue weighted by Crippen LogP contribution is -2.43. The van der Waals surface area contributed by atoms with Gasteiger partial charge in [0.25, 0.3) is 0 Å². The van der Waals surface area contributed by atoms with Crippen molar-refractivity contribution >= 4 is 23.9 Å². The van der Waals surface area contributed by atoms with Crippen LogP contribution in [0.4, 0.5) is 0 Å². The molecule has 1 aromatic carbocycles. The Morgan fingerprint density at radius 1 is 0.914 bits per heavy atom. The van der Waals surface area contributed by atoms with Crippen molar-refractivity contribution in [1.82, 2.24) is 5.32 Å². The highest BCUT2D eigenvalue weighted by molar-refractivity contribution is 5.77. The molecule has 0 amide bonds. The van der Waals surface area contributed by atoms with Crippen LogP contribution < -0.4 is 14.8 Å². The molecule has 35 heavy (non-hydrogen) atoms. The summed E-state index contributed by atoms with van der Waals surface area (Å²) < 4.78 is 16.1. The molecule has 0 saturated heterocycles. The van der Waals surface area contributed by atoms with Crippen LogP contribution in [0.5, 0.6) is 11.5 Å². The minimum Gasteiger partial charge on any atom is -0.480 e. The van der Waals surface area contributed by atoms with Crippen molar-refractivity contribution < 1.29 is 38.5 Å². The highest BCUT2D eigenvalue weighted by Crippen LogP contribution is 2.30. The van der Waals surface area contributed by atoms with Crippen molar-refractivity contribution in [3.8, 4) is 11.5 Å². The van der Waals surface area contributed by atoms with Crippen molar-refractivity contribution in [1.29, 1.82) is 0 Å². The average molecular weight is 494 g/mol. The molecule has 0 aliphatic rings. The molecule has 196 valence electrons. The molecule has 0 aliphatic carbocycles. The number of nitrogens with one attached hydrogen (secondary N) is 1. The van der Waals surface area contributed by atoms with Crippen molar-refractivity contribution in [2.45, 2.75) is 91.7 Å². The second-order valence-corrected chi connectivity index (χ2v) is 8.67. The van der Waals surface area contributed by atoms with Gasteiger partial charge in [-0.15, -0.1) is 0 Å². The van der Waals surface area contributed by atoms with Gasteiger partial charge in [-0.05, 0) is 50.3 Å². The molecule has 0 saturated carbocycles. The Morgan fingerprint density at radius 3 is 2.06 bits per heavy atom. The van der Waals surface area contributed by atoms with Crippen molar-refractivity contribution in [2.75, 3.05) is 6.54 Å². The number of carbonyl (C=O) groups is 4. The van der Waals surface area contributed by atoms with Crippen LogP contribution in [-0.2, 0) is 30.3 Å². The average Bonchev–Trinajstić information content (AvgIpc) is 2.78. The summed E-state index contributed by atoms with van der Waals surface area (Å²) in [5.74, 6) is -2.34. The Bertz CT molecular complexity index is 854. The van der Waals surface area contributed by atoms with Gasteiger partial charge in [-0.2, -0.15) is 0 Å². The number of carboxylic acids is 1. The van der Waals surface area contributed by atoms with E-state index in [2.05, 4.69) is 5.32 Å². The van der Waals surface area contributed by atoms with Gasteiger partial charge in [0, 0.05) is 19.4 Å². The quantitative estimate of drug-likeness (QED) is 0.259. The fourth-order valence-electron chi connectivity index (χ4n) is 3.30. The number of hydrogen-bond donors (Lipinski definition) is 2. The predicted molar refractivity (Wildman–Crippen MR) is 130 cm³/mol. The van der Waals surface area contributed by atoms with E-state index in [1.807, 2.05) is 20.8 Å². The molecule has 0 heterocycles. The summed E-state index contributed by atoms with van der Waals surface area (Å²) in [4.78, 5) is 47.9. The number of carboxylic acid groups (broad SMARTS) is 1. The molecule has 0 fully saturated rings. The normalized spacial score (nSPS) is 13.4. The Labute approximate surface area is 207 Å². The second-order valence-electron chi connectivity index (χ2n) is 8.67. The van der Waals surface area contributed by atoms with E-state index in [4.69, 9.17) is 14.2 Å². The predicted octanol–water partition coefficient (Wildman–Crippen LogP) is 4.05. The van der Waals surface area contributed by atoms with Crippen LogP contribution in [0.3, 0.4) is 0 Å². The first-order valence-corrected chi connectivity index (χ1v) is 12.3. The monoisotopic (exact) mass is 493 g/mol. The minimum absolute atomic E-state index is 0.0711. The Hall–Kier alpha value is -2.94. The Morgan fingerprint density at radius 2 is 1.51 bits per heavy atom. The first kappa shape index (κ1) is 30.1. The van der Waals surface area contributed by atoms with E-state index in [0.29, 0.717) is 18.4 Å². The summed E-state index contributed by atoms with van der Waals surface area (Å²) in [7, 11) is 0. The van der Waals surface area contributed by atoms with E-state index in [1.54, 1.807) is 19.9 Å². The van der Waals surface area contributed by atoms with Gasteiger partial charge in [0.15, 0.2) is 11.5 Å². The van der Waals surface area contributed by atoms with Crippen LogP contribution >= 0.6 is 0 Å². The molecule has 0 radical (unpaired) electrons. The number of hydrogen-bond acceptors (Lipinski definition) is 8. The number of aliphatic carboxylic acids is 1. The lowest BCUT2D eigenvalue weighted by atomic mass is 10.0. The van der Waals surface area contributed by atoms with Crippen LogP contribution in [0.25, 0.3) is 0 Å². The Balaban J connectivity index is 2.92. The SMILES string of the molecule is CCCC(=O)Oc1ccc(C[C@H](NCC(C)OC(=O)C(C)CCC)C(=O)O)cc1OC(=O)CCC. The summed E-state index contributed by atoms with van der Waals surface area (Å²) in [6.07, 6.45) is 2.78. The zero-order valence-electron chi connectivity index (χ0n) is 21.4. The highest BCUT2D eigenvalue weighted by atomic mass is 16.6. The van der Waals surface area contributed by atoms with Crippen LogP contribution in [0.2, 0.25) is 0 Å². The van der Waals surface area contributed by atoms with Crippen LogP contribution in [0.1, 0.15) is 78.7 Å². The summed E-state index contributed by atoms with van der Waals surface area (Å²) >= 11 is 0. The zero-order valence-corrected chi connectivity index (χ0v) is 21.4. The molecule has 9 heteroatoms. The van der Waals surface area contributed by atoms with Crippen LogP contribution in [-0.4, -0.2) is 47.7 Å².